The first-order valence-corrected chi connectivity index (χ1v) is 13.0. The third kappa shape index (κ3) is 6.74. The van der Waals surface area contributed by atoms with Crippen LogP contribution in [0.5, 0.6) is 11.5 Å². The molecule has 13 heteroatoms. The van der Waals surface area contributed by atoms with Gasteiger partial charge in [0.1, 0.15) is 20.9 Å². The summed E-state index contributed by atoms with van der Waals surface area (Å²) < 4.78 is 16.2. The number of nitrogens with zero attached hydrogens (tertiary/aromatic N) is 3. The fourth-order valence-electron chi connectivity index (χ4n) is 3.14. The second-order valence-electron chi connectivity index (χ2n) is 7.14. The van der Waals surface area contributed by atoms with Crippen LogP contribution in [0.4, 0.5) is 4.79 Å². The smallest absolute Gasteiger partial charge is 0.519 e. The van der Waals surface area contributed by atoms with E-state index in [1.54, 1.807) is 46.7 Å². The Hall–Kier alpha value is -3.55. The molecule has 0 atom stereocenters. The second-order valence-corrected chi connectivity index (χ2v) is 10.1. The standard InChI is InChI=1S/C22H19N3O7S3/c26-21(29-14-30-23-25(28)24-11-3-4-12-24)17-5-1-2-6-18(17)32-22(27)31-16-9-7-15(8-10-16)19-13-20(33)35-34-19/h1-2,5-10,13H,3-4,11-12,14H2/b25-23-. The van der Waals surface area contributed by atoms with E-state index in [9.17, 15) is 14.8 Å². The van der Waals surface area contributed by atoms with E-state index in [2.05, 4.69) is 5.28 Å². The van der Waals surface area contributed by atoms with E-state index in [0.29, 0.717) is 18.1 Å². The molecular weight excluding hydrogens is 514 g/mol. The Morgan fingerprint density at radius 3 is 2.51 bits per heavy atom. The van der Waals surface area contributed by atoms with Crippen molar-refractivity contribution in [1.82, 2.24) is 5.01 Å². The number of carbonyl (C=O) groups excluding carboxylic acids is 2. The Morgan fingerprint density at radius 1 is 1.06 bits per heavy atom. The van der Waals surface area contributed by atoms with Gasteiger partial charge in [-0.05, 0) is 60.9 Å². The van der Waals surface area contributed by atoms with Gasteiger partial charge >= 0.3 is 12.1 Å². The molecule has 1 aliphatic rings. The van der Waals surface area contributed by atoms with Gasteiger partial charge in [0.25, 0.3) is 6.79 Å². The van der Waals surface area contributed by atoms with Crippen LogP contribution in [0.1, 0.15) is 23.2 Å². The monoisotopic (exact) mass is 533 g/mol. The fraction of sp³-hybridized carbons (Fsp3) is 0.227. The van der Waals surface area contributed by atoms with E-state index in [1.165, 1.54) is 27.5 Å². The zero-order chi connectivity index (χ0) is 24.6. The van der Waals surface area contributed by atoms with Gasteiger partial charge in [0.2, 0.25) is 5.28 Å². The molecular formula is C22H19N3O7S3. The van der Waals surface area contributed by atoms with Gasteiger partial charge in [-0.3, -0.25) is 0 Å². The molecule has 0 spiro atoms. The van der Waals surface area contributed by atoms with Gasteiger partial charge in [0, 0.05) is 4.88 Å². The maximum atomic E-state index is 12.4. The van der Waals surface area contributed by atoms with Gasteiger partial charge in [-0.1, -0.05) is 45.0 Å². The number of hydrazine groups is 1. The average Bonchev–Trinajstić information content (AvgIpc) is 3.55. The summed E-state index contributed by atoms with van der Waals surface area (Å²) in [6.07, 6.45) is 0.780. The first kappa shape index (κ1) is 24.6. The molecule has 10 nitrogen and oxygen atoms in total. The molecule has 1 aromatic heterocycles. The third-order valence-corrected chi connectivity index (χ3v) is 7.71. The van der Waals surface area contributed by atoms with Gasteiger partial charge < -0.3 is 24.3 Å². The molecule has 3 aromatic rings. The SMILES string of the molecule is O=C(Oc1ccc(-c2cc(=S)ss2)cc1)Oc1ccccc1C(=O)OCO/N=[N+](\[O-])N1CCCC1. The summed E-state index contributed by atoms with van der Waals surface area (Å²) in [5.74, 6) is -0.617. The van der Waals surface area contributed by atoms with Crippen molar-refractivity contribution < 1.29 is 33.6 Å². The molecule has 0 bridgehead atoms. The summed E-state index contributed by atoms with van der Waals surface area (Å²) in [4.78, 5) is 30.8. The summed E-state index contributed by atoms with van der Waals surface area (Å²) in [6, 6.07) is 14.8. The number of rotatable bonds is 8. The predicted octanol–water partition coefficient (Wildman–Crippen LogP) is 5.80. The maximum absolute atomic E-state index is 12.4. The minimum absolute atomic E-state index is 0.0272. The normalized spacial score (nSPS) is 13.4. The average molecular weight is 534 g/mol. The van der Waals surface area contributed by atoms with E-state index in [4.69, 9.17) is 31.3 Å². The first-order valence-electron chi connectivity index (χ1n) is 10.4. The second kappa shape index (κ2) is 11.7. The first-order chi connectivity index (χ1) is 17.0. The summed E-state index contributed by atoms with van der Waals surface area (Å²) >= 11 is 5.15. The van der Waals surface area contributed by atoms with Gasteiger partial charge in [-0.15, -0.1) is 5.01 Å². The van der Waals surface area contributed by atoms with Gasteiger partial charge in [-0.25, -0.2) is 9.59 Å². The number of benzene rings is 2. The van der Waals surface area contributed by atoms with Crippen LogP contribution in [0, 0.1) is 9.03 Å². The van der Waals surface area contributed by atoms with E-state index >= 15 is 0 Å². The van der Waals surface area contributed by atoms with Gasteiger partial charge in [-0.2, -0.15) is 0 Å². The zero-order valence-corrected chi connectivity index (χ0v) is 20.6. The molecule has 0 aliphatic carbocycles. The minimum Gasteiger partial charge on any atom is -0.569 e. The lowest BCUT2D eigenvalue weighted by Gasteiger charge is -2.11. The Kier molecular flexibility index (Phi) is 8.23. The van der Waals surface area contributed by atoms with Crippen molar-refractivity contribution in [2.75, 3.05) is 19.9 Å². The molecule has 0 radical (unpaired) electrons. The Bertz CT molecular complexity index is 1270. The van der Waals surface area contributed by atoms with Crippen LogP contribution in [0.25, 0.3) is 10.4 Å². The van der Waals surface area contributed by atoms with Crippen molar-refractivity contribution in [1.29, 1.82) is 0 Å². The molecule has 2 aromatic carbocycles. The number of carbonyl (C=O) groups is 2. The van der Waals surface area contributed by atoms with Crippen molar-refractivity contribution in [3.63, 3.8) is 0 Å². The van der Waals surface area contributed by atoms with Crippen LogP contribution in [-0.4, -0.2) is 42.0 Å². The molecule has 182 valence electrons. The minimum atomic E-state index is -1.02. The highest BCUT2D eigenvalue weighted by molar-refractivity contribution is 7.80. The van der Waals surface area contributed by atoms with E-state index in [0.717, 1.165) is 27.1 Å². The Labute approximate surface area is 212 Å². The van der Waals surface area contributed by atoms with Crippen molar-refractivity contribution in [3.8, 4) is 21.9 Å². The summed E-state index contributed by atoms with van der Waals surface area (Å²) in [5, 5.41) is 16.5. The van der Waals surface area contributed by atoms with Crippen molar-refractivity contribution in [2.24, 2.45) is 5.28 Å². The summed E-state index contributed by atoms with van der Waals surface area (Å²) in [6.45, 7) is 0.590. The molecule has 0 N–H and O–H groups in total. The van der Waals surface area contributed by atoms with E-state index in [-0.39, 0.29) is 17.1 Å². The lowest BCUT2D eigenvalue weighted by molar-refractivity contribution is -0.708. The zero-order valence-electron chi connectivity index (χ0n) is 18.2. The Balaban J connectivity index is 1.31. The van der Waals surface area contributed by atoms with E-state index in [1.807, 2.05) is 6.07 Å². The lowest BCUT2D eigenvalue weighted by atomic mass is 10.2. The highest BCUT2D eigenvalue weighted by Crippen LogP contribution is 2.30. The van der Waals surface area contributed by atoms with Crippen molar-refractivity contribution in [2.45, 2.75) is 12.8 Å². The number of ether oxygens (including phenoxy) is 3. The number of esters is 1. The molecule has 1 fully saturated rings. The van der Waals surface area contributed by atoms with Crippen LogP contribution >= 0.6 is 32.9 Å². The van der Waals surface area contributed by atoms with Crippen LogP contribution in [0.3, 0.4) is 0 Å². The maximum Gasteiger partial charge on any atom is 0.519 e. The molecule has 1 aliphatic heterocycles. The van der Waals surface area contributed by atoms with E-state index < -0.39 is 18.9 Å². The number of hydrogen-bond donors (Lipinski definition) is 0. The highest BCUT2D eigenvalue weighted by atomic mass is 32.9. The molecule has 0 amide bonds. The van der Waals surface area contributed by atoms with Gasteiger partial charge in [0.05, 0.1) is 18.1 Å². The van der Waals surface area contributed by atoms with Crippen LogP contribution in [-0.2, 0) is 9.57 Å². The fourth-order valence-corrected chi connectivity index (χ4v) is 5.55. The molecule has 4 rings (SSSR count). The summed E-state index contributed by atoms with van der Waals surface area (Å²) in [5.41, 5.74) is 0.922. The molecule has 1 saturated heterocycles. The molecule has 0 saturated carbocycles. The number of hydrogen-bond acceptors (Lipinski definition) is 11. The quantitative estimate of drug-likeness (QED) is 0.0408. The number of para-hydroxylation sites is 1. The Morgan fingerprint density at radius 2 is 1.80 bits per heavy atom. The van der Waals surface area contributed by atoms with Gasteiger partial charge in [0.15, 0.2) is 0 Å². The summed E-state index contributed by atoms with van der Waals surface area (Å²) in [7, 11) is 3.08. The molecule has 2 heterocycles. The molecule has 35 heavy (non-hydrogen) atoms. The van der Waals surface area contributed by atoms with Crippen LogP contribution in [0.2, 0.25) is 0 Å². The highest BCUT2D eigenvalue weighted by Gasteiger charge is 2.20. The van der Waals surface area contributed by atoms with Crippen molar-refractivity contribution >= 4 is 45.0 Å². The van der Waals surface area contributed by atoms with Crippen LogP contribution in [0.15, 0.2) is 59.9 Å². The molecule has 0 unspecified atom stereocenters. The third-order valence-electron chi connectivity index (χ3n) is 4.80. The lowest BCUT2D eigenvalue weighted by Crippen LogP contribution is -2.27. The predicted molar refractivity (Wildman–Crippen MR) is 130 cm³/mol. The van der Waals surface area contributed by atoms with Crippen molar-refractivity contribution in [3.05, 3.63) is 69.2 Å². The van der Waals surface area contributed by atoms with Crippen LogP contribution < -0.4 is 9.47 Å². The topological polar surface area (TPSA) is 113 Å². The largest absolute Gasteiger partial charge is 0.569 e.